The maximum atomic E-state index is 12.7. The SMILES string of the molecule is COCCn1cnnc1S(=O)Cc1cc(C)nc2ccccc12. The van der Waals surface area contributed by atoms with Crippen molar-refractivity contribution in [1.82, 2.24) is 19.7 Å². The zero-order chi connectivity index (χ0) is 16.2. The van der Waals surface area contributed by atoms with Crippen LogP contribution in [-0.4, -0.2) is 37.7 Å². The van der Waals surface area contributed by atoms with Crippen LogP contribution in [0.5, 0.6) is 0 Å². The Morgan fingerprint density at radius 1 is 1.30 bits per heavy atom. The van der Waals surface area contributed by atoms with Crippen LogP contribution in [0.15, 0.2) is 41.8 Å². The summed E-state index contributed by atoms with van der Waals surface area (Å²) in [5, 5.41) is 9.37. The Kier molecular flexibility index (Phi) is 4.78. The van der Waals surface area contributed by atoms with E-state index in [-0.39, 0.29) is 0 Å². The summed E-state index contributed by atoms with van der Waals surface area (Å²) in [6.07, 6.45) is 1.59. The number of aryl methyl sites for hydroxylation is 1. The maximum Gasteiger partial charge on any atom is 0.221 e. The summed E-state index contributed by atoms with van der Waals surface area (Å²) in [7, 11) is 0.355. The minimum Gasteiger partial charge on any atom is -0.383 e. The molecule has 2 aromatic heterocycles. The molecule has 0 fully saturated rings. The molecule has 1 unspecified atom stereocenters. The molecular weight excluding hydrogens is 312 g/mol. The summed E-state index contributed by atoms with van der Waals surface area (Å²) in [5.74, 6) is 0.384. The van der Waals surface area contributed by atoms with Crippen molar-refractivity contribution in [2.45, 2.75) is 24.4 Å². The first-order valence-electron chi connectivity index (χ1n) is 7.29. The molecule has 0 saturated carbocycles. The van der Waals surface area contributed by atoms with Crippen LogP contribution in [0.25, 0.3) is 10.9 Å². The highest BCUT2D eigenvalue weighted by Gasteiger charge is 2.15. The first kappa shape index (κ1) is 15.8. The lowest BCUT2D eigenvalue weighted by molar-refractivity contribution is 0.184. The van der Waals surface area contributed by atoms with E-state index in [1.165, 1.54) is 0 Å². The second-order valence-electron chi connectivity index (χ2n) is 5.23. The van der Waals surface area contributed by atoms with Crippen LogP contribution in [0.2, 0.25) is 0 Å². The van der Waals surface area contributed by atoms with Crippen LogP contribution in [0.3, 0.4) is 0 Å². The molecule has 0 bridgehead atoms. The van der Waals surface area contributed by atoms with E-state index < -0.39 is 10.8 Å². The summed E-state index contributed by atoms with van der Waals surface area (Å²) in [5.41, 5.74) is 2.84. The monoisotopic (exact) mass is 330 g/mol. The molecule has 120 valence electrons. The van der Waals surface area contributed by atoms with Crippen LogP contribution in [-0.2, 0) is 27.8 Å². The third kappa shape index (κ3) is 3.46. The van der Waals surface area contributed by atoms with Gasteiger partial charge in [-0.05, 0) is 24.6 Å². The molecule has 1 aromatic carbocycles. The third-order valence-corrected chi connectivity index (χ3v) is 4.83. The summed E-state index contributed by atoms with van der Waals surface area (Å²) in [6.45, 7) is 3.06. The van der Waals surface area contributed by atoms with E-state index in [1.807, 2.05) is 37.3 Å². The highest BCUT2D eigenvalue weighted by Crippen LogP contribution is 2.21. The van der Waals surface area contributed by atoms with Crippen molar-refractivity contribution >= 4 is 21.7 Å². The number of aromatic nitrogens is 4. The molecule has 6 nitrogen and oxygen atoms in total. The first-order valence-corrected chi connectivity index (χ1v) is 8.61. The summed E-state index contributed by atoms with van der Waals surface area (Å²) < 4.78 is 19.6. The van der Waals surface area contributed by atoms with Crippen molar-refractivity contribution in [3.63, 3.8) is 0 Å². The van der Waals surface area contributed by atoms with Crippen LogP contribution in [0.4, 0.5) is 0 Å². The summed E-state index contributed by atoms with van der Waals surface area (Å²) in [6, 6.07) is 9.87. The molecule has 0 aliphatic heterocycles. The Morgan fingerprint density at radius 3 is 2.96 bits per heavy atom. The number of fused-ring (bicyclic) bond motifs is 1. The van der Waals surface area contributed by atoms with E-state index in [2.05, 4.69) is 15.2 Å². The molecule has 1 atom stereocenters. The summed E-state index contributed by atoms with van der Waals surface area (Å²) in [4.78, 5) is 4.52. The second-order valence-corrected chi connectivity index (χ2v) is 6.57. The van der Waals surface area contributed by atoms with Gasteiger partial charge < -0.3 is 9.30 Å². The van der Waals surface area contributed by atoms with Gasteiger partial charge in [-0.2, -0.15) is 0 Å². The second kappa shape index (κ2) is 6.97. The van der Waals surface area contributed by atoms with Crippen molar-refractivity contribution in [2.75, 3.05) is 13.7 Å². The molecule has 0 saturated heterocycles. The van der Waals surface area contributed by atoms with Gasteiger partial charge in [0.15, 0.2) is 0 Å². The minimum atomic E-state index is -1.28. The molecule has 3 aromatic rings. The van der Waals surface area contributed by atoms with Crippen LogP contribution in [0.1, 0.15) is 11.3 Å². The number of hydrogen-bond acceptors (Lipinski definition) is 5. The number of benzene rings is 1. The Balaban J connectivity index is 1.90. The van der Waals surface area contributed by atoms with E-state index in [0.717, 1.165) is 22.2 Å². The van der Waals surface area contributed by atoms with Crippen LogP contribution < -0.4 is 0 Å². The van der Waals surface area contributed by atoms with Crippen molar-refractivity contribution in [1.29, 1.82) is 0 Å². The number of methoxy groups -OCH3 is 1. The fourth-order valence-corrected chi connectivity index (χ4v) is 3.67. The number of rotatable bonds is 6. The molecule has 0 aliphatic rings. The highest BCUT2D eigenvalue weighted by atomic mass is 32.2. The Labute approximate surface area is 137 Å². The van der Waals surface area contributed by atoms with Crippen LogP contribution >= 0.6 is 0 Å². The normalized spacial score (nSPS) is 12.6. The van der Waals surface area contributed by atoms with Gasteiger partial charge in [-0.1, -0.05) is 18.2 Å². The molecule has 0 spiro atoms. The molecule has 7 heteroatoms. The van der Waals surface area contributed by atoms with E-state index in [9.17, 15) is 4.21 Å². The van der Waals surface area contributed by atoms with E-state index in [0.29, 0.717) is 24.1 Å². The smallest absolute Gasteiger partial charge is 0.221 e. The Morgan fingerprint density at radius 2 is 2.13 bits per heavy atom. The van der Waals surface area contributed by atoms with Gasteiger partial charge >= 0.3 is 0 Å². The molecular formula is C16H18N4O2S. The standard InChI is InChI=1S/C16H18N4O2S/c1-12-9-13(14-5-3-4-6-15(14)18-12)10-23(21)16-19-17-11-20(16)7-8-22-2/h3-6,9,11H,7-8,10H2,1-2H3. The average molecular weight is 330 g/mol. The molecule has 23 heavy (non-hydrogen) atoms. The zero-order valence-corrected chi connectivity index (χ0v) is 13.9. The Hall–Kier alpha value is -2.12. The average Bonchev–Trinajstić information content (AvgIpc) is 3.01. The van der Waals surface area contributed by atoms with E-state index >= 15 is 0 Å². The van der Waals surface area contributed by atoms with Crippen molar-refractivity contribution in [3.8, 4) is 0 Å². The molecule has 2 heterocycles. The number of nitrogens with zero attached hydrogens (tertiary/aromatic N) is 4. The van der Waals surface area contributed by atoms with Gasteiger partial charge in [-0.3, -0.25) is 9.19 Å². The van der Waals surface area contributed by atoms with Crippen molar-refractivity contribution in [2.24, 2.45) is 0 Å². The van der Waals surface area contributed by atoms with Gasteiger partial charge in [0.2, 0.25) is 5.16 Å². The number of hydrogen-bond donors (Lipinski definition) is 0. The van der Waals surface area contributed by atoms with Gasteiger partial charge in [0.05, 0.1) is 28.7 Å². The van der Waals surface area contributed by atoms with Crippen LogP contribution in [0, 0.1) is 6.92 Å². The lowest BCUT2D eigenvalue weighted by atomic mass is 10.1. The summed E-state index contributed by atoms with van der Waals surface area (Å²) >= 11 is 0. The molecule has 0 N–H and O–H groups in total. The third-order valence-electron chi connectivity index (χ3n) is 3.54. The lowest BCUT2D eigenvalue weighted by Gasteiger charge is -2.09. The van der Waals surface area contributed by atoms with Gasteiger partial charge in [-0.15, -0.1) is 10.2 Å². The van der Waals surface area contributed by atoms with E-state index in [4.69, 9.17) is 4.74 Å². The predicted octanol–water partition coefficient (Wildman–Crippen LogP) is 2.09. The fraction of sp³-hybridized carbons (Fsp3) is 0.312. The van der Waals surface area contributed by atoms with Crippen molar-refractivity contribution in [3.05, 3.63) is 47.9 Å². The van der Waals surface area contributed by atoms with Gasteiger partial charge in [-0.25, -0.2) is 0 Å². The lowest BCUT2D eigenvalue weighted by Crippen LogP contribution is -2.10. The molecule has 3 rings (SSSR count). The molecule has 0 radical (unpaired) electrons. The number of pyridine rings is 1. The number of para-hydroxylation sites is 1. The quantitative estimate of drug-likeness (QED) is 0.692. The fourth-order valence-electron chi connectivity index (χ4n) is 2.48. The zero-order valence-electron chi connectivity index (χ0n) is 13.1. The molecule has 0 amide bonds. The topological polar surface area (TPSA) is 69.9 Å². The van der Waals surface area contributed by atoms with Gasteiger partial charge in [0.25, 0.3) is 0 Å². The Bertz CT molecular complexity index is 847. The van der Waals surface area contributed by atoms with Gasteiger partial charge in [0.1, 0.15) is 6.33 Å². The largest absolute Gasteiger partial charge is 0.383 e. The maximum absolute atomic E-state index is 12.7. The molecule has 0 aliphatic carbocycles. The van der Waals surface area contributed by atoms with Crippen molar-refractivity contribution < 1.29 is 8.95 Å². The minimum absolute atomic E-state index is 0.384. The first-order chi connectivity index (χ1) is 11.2. The number of ether oxygens (including phenoxy) is 1. The predicted molar refractivity (Wildman–Crippen MR) is 88.5 cm³/mol. The van der Waals surface area contributed by atoms with Gasteiger partial charge in [0, 0.05) is 24.7 Å². The highest BCUT2D eigenvalue weighted by molar-refractivity contribution is 7.84. The van der Waals surface area contributed by atoms with E-state index in [1.54, 1.807) is 18.0 Å².